The predicted octanol–water partition coefficient (Wildman–Crippen LogP) is 2.30. The summed E-state index contributed by atoms with van der Waals surface area (Å²) in [4.78, 5) is 12.3. The van der Waals surface area contributed by atoms with Crippen molar-refractivity contribution in [1.82, 2.24) is 15.2 Å². The van der Waals surface area contributed by atoms with Crippen LogP contribution in [0.25, 0.3) is 22.9 Å². The van der Waals surface area contributed by atoms with Crippen LogP contribution in [0.3, 0.4) is 0 Å². The van der Waals surface area contributed by atoms with Crippen LogP contribution < -0.4 is 11.2 Å². The van der Waals surface area contributed by atoms with E-state index in [1.54, 1.807) is 48.5 Å². The molecular weight excluding hydrogens is 382 g/mol. The molecule has 1 aliphatic heterocycles. The lowest BCUT2D eigenvalue weighted by Gasteiger charge is -2.20. The number of hydrazine groups is 1. The van der Waals surface area contributed by atoms with Crippen LogP contribution in [0.2, 0.25) is 5.02 Å². The highest BCUT2D eigenvalue weighted by atomic mass is 35.5. The van der Waals surface area contributed by atoms with E-state index in [2.05, 4.69) is 15.5 Å². The largest absolute Gasteiger partial charge is 0.416 e. The van der Waals surface area contributed by atoms with Gasteiger partial charge in [-0.05, 0) is 55.0 Å². The van der Waals surface area contributed by atoms with Gasteiger partial charge in [-0.2, -0.15) is 0 Å². The Balaban J connectivity index is 1.46. The molecule has 2 aromatic carbocycles. The molecule has 2 heterocycles. The summed E-state index contributed by atoms with van der Waals surface area (Å²) in [5.41, 5.74) is 2.07. The molecule has 1 amide bonds. The number of aliphatic hydroxyl groups excluding tert-OH is 1. The third-order valence-corrected chi connectivity index (χ3v) is 4.84. The van der Waals surface area contributed by atoms with E-state index in [9.17, 15) is 9.90 Å². The molecule has 1 aliphatic rings. The zero-order valence-electron chi connectivity index (χ0n) is 14.7. The molecule has 0 unspecified atom stereocenters. The summed E-state index contributed by atoms with van der Waals surface area (Å²) in [6.07, 6.45) is -0.297. The molecule has 1 saturated heterocycles. The molecule has 2 atom stereocenters. The first-order chi connectivity index (χ1) is 13.5. The number of carbonyl (C=O) groups excluding carboxylic acids is 1. The van der Waals surface area contributed by atoms with E-state index in [1.807, 2.05) is 0 Å². The van der Waals surface area contributed by atoms with Crippen molar-refractivity contribution >= 4 is 23.2 Å². The number of rotatable bonds is 4. The topological polar surface area (TPSA) is 118 Å². The Kier molecular flexibility index (Phi) is 5.10. The van der Waals surface area contributed by atoms with Crippen LogP contribution in [-0.2, 0) is 4.79 Å². The first-order valence-corrected chi connectivity index (χ1v) is 9.09. The lowest BCUT2D eigenvalue weighted by Crippen LogP contribution is -2.48. The molecule has 3 aromatic rings. The molecule has 1 aromatic heterocycles. The van der Waals surface area contributed by atoms with Crippen molar-refractivity contribution in [2.24, 2.45) is 5.84 Å². The van der Waals surface area contributed by atoms with E-state index >= 15 is 0 Å². The Morgan fingerprint density at radius 1 is 1.11 bits per heavy atom. The predicted molar refractivity (Wildman–Crippen MR) is 104 cm³/mol. The quantitative estimate of drug-likeness (QED) is 0.576. The van der Waals surface area contributed by atoms with Gasteiger partial charge in [0.25, 0.3) is 0 Å². The lowest BCUT2D eigenvalue weighted by atomic mass is 10.1. The van der Waals surface area contributed by atoms with Crippen LogP contribution in [0.5, 0.6) is 0 Å². The normalized spacial score (nSPS) is 19.7. The van der Waals surface area contributed by atoms with Gasteiger partial charge in [-0.1, -0.05) is 11.6 Å². The minimum atomic E-state index is -0.769. The Bertz CT molecular complexity index is 964. The van der Waals surface area contributed by atoms with Gasteiger partial charge in [-0.15, -0.1) is 10.2 Å². The molecule has 0 radical (unpaired) electrons. The van der Waals surface area contributed by atoms with Gasteiger partial charge in [-0.3, -0.25) is 10.6 Å². The highest BCUT2D eigenvalue weighted by Gasteiger charge is 2.36. The Morgan fingerprint density at radius 2 is 1.68 bits per heavy atom. The zero-order chi connectivity index (χ0) is 19.7. The second-order valence-corrected chi connectivity index (χ2v) is 6.96. The maximum absolute atomic E-state index is 12.3. The van der Waals surface area contributed by atoms with E-state index < -0.39 is 12.1 Å². The number of anilines is 1. The van der Waals surface area contributed by atoms with E-state index in [0.717, 1.165) is 5.56 Å². The molecule has 8 nitrogen and oxygen atoms in total. The first-order valence-electron chi connectivity index (χ1n) is 8.71. The summed E-state index contributed by atoms with van der Waals surface area (Å²) in [6, 6.07) is 13.3. The smallest absolute Gasteiger partial charge is 0.248 e. The third-order valence-electron chi connectivity index (χ3n) is 4.59. The van der Waals surface area contributed by atoms with Crippen LogP contribution in [0.1, 0.15) is 6.42 Å². The highest BCUT2D eigenvalue weighted by Crippen LogP contribution is 2.26. The molecule has 4 N–H and O–H groups in total. The fourth-order valence-corrected chi connectivity index (χ4v) is 3.21. The van der Waals surface area contributed by atoms with Crippen molar-refractivity contribution in [3.8, 4) is 22.9 Å². The van der Waals surface area contributed by atoms with Crippen molar-refractivity contribution in [1.29, 1.82) is 0 Å². The van der Waals surface area contributed by atoms with Gasteiger partial charge in [0, 0.05) is 28.4 Å². The van der Waals surface area contributed by atoms with Gasteiger partial charge in [0.15, 0.2) is 0 Å². The number of hydrogen-bond donors (Lipinski definition) is 3. The number of nitrogens with zero attached hydrogens (tertiary/aromatic N) is 3. The van der Waals surface area contributed by atoms with Crippen LogP contribution >= 0.6 is 11.6 Å². The van der Waals surface area contributed by atoms with Gasteiger partial charge in [-0.25, -0.2) is 5.01 Å². The van der Waals surface area contributed by atoms with Gasteiger partial charge in [0.2, 0.25) is 17.7 Å². The van der Waals surface area contributed by atoms with Crippen molar-refractivity contribution in [2.45, 2.75) is 18.6 Å². The number of aliphatic hydroxyl groups is 1. The molecule has 9 heteroatoms. The standard InChI is InChI=1S/C19H18ClN5O3/c20-13-5-1-11(2-6-13)18-23-24-19(28-18)12-3-7-14(8-4-12)22-17(27)16-15(26)9-10-25(16)21/h1-8,15-16,26H,9-10,21H2,(H,22,27)/t15-,16-/m0/s1. The van der Waals surface area contributed by atoms with E-state index in [1.165, 1.54) is 5.01 Å². The van der Waals surface area contributed by atoms with Gasteiger partial charge < -0.3 is 14.8 Å². The molecule has 28 heavy (non-hydrogen) atoms. The third kappa shape index (κ3) is 3.76. The number of carbonyl (C=O) groups is 1. The summed E-state index contributed by atoms with van der Waals surface area (Å²) >= 11 is 5.89. The maximum atomic E-state index is 12.3. The average molecular weight is 400 g/mol. The average Bonchev–Trinajstić information content (AvgIpc) is 3.30. The summed E-state index contributed by atoms with van der Waals surface area (Å²) in [7, 11) is 0. The molecule has 0 aliphatic carbocycles. The highest BCUT2D eigenvalue weighted by molar-refractivity contribution is 6.30. The number of nitrogens with one attached hydrogen (secondary N) is 1. The Hall–Kier alpha value is -2.78. The number of hydrogen-bond acceptors (Lipinski definition) is 7. The summed E-state index contributed by atoms with van der Waals surface area (Å²) in [5.74, 6) is 6.17. The van der Waals surface area contributed by atoms with E-state index in [-0.39, 0.29) is 5.91 Å². The molecule has 4 rings (SSSR count). The van der Waals surface area contributed by atoms with Crippen molar-refractivity contribution < 1.29 is 14.3 Å². The summed E-state index contributed by atoms with van der Waals surface area (Å²) in [6.45, 7) is 0.477. The number of halogens is 1. The second-order valence-electron chi connectivity index (χ2n) is 6.52. The van der Waals surface area contributed by atoms with Crippen molar-refractivity contribution in [3.63, 3.8) is 0 Å². The van der Waals surface area contributed by atoms with E-state index in [0.29, 0.717) is 41.0 Å². The molecule has 144 valence electrons. The molecule has 1 fully saturated rings. The second kappa shape index (κ2) is 7.69. The molecule has 0 spiro atoms. The SMILES string of the molecule is NN1CC[C@H](O)[C@H]1C(=O)Nc1ccc(-c2nnc(-c3ccc(Cl)cc3)o2)cc1. The minimum Gasteiger partial charge on any atom is -0.416 e. The van der Waals surface area contributed by atoms with Gasteiger partial charge in [0.1, 0.15) is 6.04 Å². The fraction of sp³-hybridized carbons (Fsp3) is 0.211. The van der Waals surface area contributed by atoms with Gasteiger partial charge >= 0.3 is 0 Å². The lowest BCUT2D eigenvalue weighted by molar-refractivity contribution is -0.122. The maximum Gasteiger partial charge on any atom is 0.248 e. The Morgan fingerprint density at radius 3 is 2.21 bits per heavy atom. The van der Waals surface area contributed by atoms with Crippen LogP contribution in [0, 0.1) is 0 Å². The summed E-state index contributed by atoms with van der Waals surface area (Å²) < 4.78 is 5.72. The van der Waals surface area contributed by atoms with Crippen LogP contribution in [0.4, 0.5) is 5.69 Å². The molecule has 0 bridgehead atoms. The van der Waals surface area contributed by atoms with Crippen LogP contribution in [-0.4, -0.2) is 44.9 Å². The molecule has 0 saturated carbocycles. The van der Waals surface area contributed by atoms with Gasteiger partial charge in [0.05, 0.1) is 6.10 Å². The van der Waals surface area contributed by atoms with Crippen molar-refractivity contribution in [2.75, 3.05) is 11.9 Å². The van der Waals surface area contributed by atoms with E-state index in [4.69, 9.17) is 21.9 Å². The number of amides is 1. The molecular formula is C19H18ClN5O3. The zero-order valence-corrected chi connectivity index (χ0v) is 15.5. The van der Waals surface area contributed by atoms with Crippen molar-refractivity contribution in [3.05, 3.63) is 53.6 Å². The fourth-order valence-electron chi connectivity index (χ4n) is 3.09. The first kappa shape index (κ1) is 18.6. The monoisotopic (exact) mass is 399 g/mol. The minimum absolute atomic E-state index is 0.344. The van der Waals surface area contributed by atoms with Crippen LogP contribution in [0.15, 0.2) is 52.9 Å². The number of benzene rings is 2. The number of aromatic nitrogens is 2. The Labute approximate surface area is 165 Å². The number of nitrogens with two attached hydrogens (primary N) is 1. The summed E-state index contributed by atoms with van der Waals surface area (Å²) in [5, 5.41) is 22.8.